The highest BCUT2D eigenvalue weighted by Gasteiger charge is 2.24. The zero-order valence-corrected chi connectivity index (χ0v) is 10.6. The maximum Gasteiger partial charge on any atom is 0.289 e. The SMILES string of the molecule is Cc1cc(NC(=O)c2ccc([N+](=O)[O-])cc2[N+](=O)[O-])no1. The van der Waals surface area contributed by atoms with Crippen molar-refractivity contribution in [1.29, 1.82) is 0 Å². The average molecular weight is 292 g/mol. The monoisotopic (exact) mass is 292 g/mol. The Balaban J connectivity index is 2.36. The third kappa shape index (κ3) is 3.00. The van der Waals surface area contributed by atoms with E-state index in [1.807, 2.05) is 0 Å². The lowest BCUT2D eigenvalue weighted by atomic mass is 10.1. The number of non-ortho nitro benzene ring substituents is 1. The Morgan fingerprint density at radius 1 is 1.24 bits per heavy atom. The molecule has 21 heavy (non-hydrogen) atoms. The van der Waals surface area contributed by atoms with Crippen LogP contribution in [0, 0.1) is 27.2 Å². The Bertz CT molecular complexity index is 738. The fourth-order valence-electron chi connectivity index (χ4n) is 1.59. The molecule has 1 aromatic carbocycles. The first kappa shape index (κ1) is 14.1. The van der Waals surface area contributed by atoms with Crippen LogP contribution in [0.25, 0.3) is 0 Å². The van der Waals surface area contributed by atoms with E-state index in [1.54, 1.807) is 6.92 Å². The van der Waals surface area contributed by atoms with Crippen molar-refractivity contribution in [3.8, 4) is 0 Å². The number of hydrogen-bond donors (Lipinski definition) is 1. The van der Waals surface area contributed by atoms with Gasteiger partial charge in [-0.15, -0.1) is 0 Å². The highest BCUT2D eigenvalue weighted by atomic mass is 16.6. The van der Waals surface area contributed by atoms with Gasteiger partial charge in [0.15, 0.2) is 5.82 Å². The summed E-state index contributed by atoms with van der Waals surface area (Å²) >= 11 is 0. The van der Waals surface area contributed by atoms with Gasteiger partial charge in [0, 0.05) is 12.1 Å². The predicted molar refractivity (Wildman–Crippen MR) is 68.9 cm³/mol. The van der Waals surface area contributed by atoms with E-state index < -0.39 is 27.1 Å². The first-order valence-corrected chi connectivity index (χ1v) is 5.56. The van der Waals surface area contributed by atoms with Crippen molar-refractivity contribution in [3.63, 3.8) is 0 Å². The molecule has 0 bridgehead atoms. The largest absolute Gasteiger partial charge is 0.360 e. The maximum absolute atomic E-state index is 12.0. The highest BCUT2D eigenvalue weighted by molar-refractivity contribution is 6.06. The number of rotatable bonds is 4. The lowest BCUT2D eigenvalue weighted by Crippen LogP contribution is -2.14. The number of carbonyl (C=O) groups excluding carboxylic acids is 1. The lowest BCUT2D eigenvalue weighted by molar-refractivity contribution is -0.394. The molecule has 10 nitrogen and oxygen atoms in total. The van der Waals surface area contributed by atoms with Crippen LogP contribution in [0.15, 0.2) is 28.8 Å². The second-order valence-electron chi connectivity index (χ2n) is 3.99. The number of amides is 1. The van der Waals surface area contributed by atoms with E-state index in [-0.39, 0.29) is 11.4 Å². The molecule has 10 heteroatoms. The number of benzene rings is 1. The van der Waals surface area contributed by atoms with Gasteiger partial charge in [-0.1, -0.05) is 5.16 Å². The van der Waals surface area contributed by atoms with Gasteiger partial charge in [-0.05, 0) is 13.0 Å². The standard InChI is InChI=1S/C11H8N4O6/c1-6-4-10(13-21-6)12-11(16)8-3-2-7(14(17)18)5-9(8)15(19)20/h2-5H,1H3,(H,12,13,16). The van der Waals surface area contributed by atoms with Gasteiger partial charge in [0.1, 0.15) is 11.3 Å². The molecule has 0 aliphatic carbocycles. The summed E-state index contributed by atoms with van der Waals surface area (Å²) in [4.78, 5) is 31.9. The molecule has 1 amide bonds. The summed E-state index contributed by atoms with van der Waals surface area (Å²) in [6.07, 6.45) is 0. The van der Waals surface area contributed by atoms with E-state index in [0.29, 0.717) is 5.76 Å². The van der Waals surface area contributed by atoms with Crippen LogP contribution < -0.4 is 5.32 Å². The number of nitro benzene ring substituents is 2. The fourth-order valence-corrected chi connectivity index (χ4v) is 1.59. The second kappa shape index (κ2) is 5.36. The van der Waals surface area contributed by atoms with Crippen LogP contribution in [0.1, 0.15) is 16.1 Å². The summed E-state index contributed by atoms with van der Waals surface area (Å²) in [7, 11) is 0. The third-order valence-electron chi connectivity index (χ3n) is 2.50. The van der Waals surface area contributed by atoms with Crippen molar-refractivity contribution in [2.75, 3.05) is 5.32 Å². The minimum absolute atomic E-state index is 0.0881. The summed E-state index contributed by atoms with van der Waals surface area (Å²) in [5.41, 5.74) is -1.45. The van der Waals surface area contributed by atoms with Gasteiger partial charge in [0.2, 0.25) is 0 Å². The van der Waals surface area contributed by atoms with Gasteiger partial charge in [-0.25, -0.2) is 0 Å². The van der Waals surface area contributed by atoms with Crippen LogP contribution in [-0.2, 0) is 0 Å². The lowest BCUT2D eigenvalue weighted by Gasteiger charge is -2.02. The van der Waals surface area contributed by atoms with E-state index >= 15 is 0 Å². The van der Waals surface area contributed by atoms with E-state index in [9.17, 15) is 25.0 Å². The van der Waals surface area contributed by atoms with Crippen LogP contribution in [-0.4, -0.2) is 20.9 Å². The van der Waals surface area contributed by atoms with Crippen LogP contribution in [0.4, 0.5) is 17.2 Å². The van der Waals surface area contributed by atoms with Crippen molar-refractivity contribution < 1.29 is 19.2 Å². The number of anilines is 1. The van der Waals surface area contributed by atoms with Gasteiger partial charge in [-0.2, -0.15) is 0 Å². The number of hydrogen-bond acceptors (Lipinski definition) is 7. The average Bonchev–Trinajstić information content (AvgIpc) is 2.83. The van der Waals surface area contributed by atoms with Crippen molar-refractivity contribution in [2.24, 2.45) is 0 Å². The summed E-state index contributed by atoms with van der Waals surface area (Å²) in [6, 6.07) is 4.17. The quantitative estimate of drug-likeness (QED) is 0.671. The molecule has 2 aromatic rings. The van der Waals surface area contributed by atoms with Crippen LogP contribution >= 0.6 is 0 Å². The molecule has 1 N–H and O–H groups in total. The minimum Gasteiger partial charge on any atom is -0.360 e. The van der Waals surface area contributed by atoms with Gasteiger partial charge >= 0.3 is 0 Å². The molecule has 0 aliphatic heterocycles. The minimum atomic E-state index is -0.865. The first-order valence-electron chi connectivity index (χ1n) is 5.56. The zero-order valence-electron chi connectivity index (χ0n) is 10.6. The van der Waals surface area contributed by atoms with E-state index in [2.05, 4.69) is 10.5 Å². The number of aryl methyl sites for hydroxylation is 1. The van der Waals surface area contributed by atoms with E-state index in [4.69, 9.17) is 4.52 Å². The summed E-state index contributed by atoms with van der Waals surface area (Å²) < 4.78 is 4.74. The fraction of sp³-hybridized carbons (Fsp3) is 0.0909. The normalized spacial score (nSPS) is 10.1. The van der Waals surface area contributed by atoms with E-state index in [1.165, 1.54) is 6.07 Å². The van der Waals surface area contributed by atoms with Gasteiger partial charge in [0.05, 0.1) is 15.9 Å². The second-order valence-corrected chi connectivity index (χ2v) is 3.99. The number of nitro groups is 2. The Hall–Kier alpha value is -3.30. The molecule has 2 rings (SSSR count). The molecule has 1 heterocycles. The van der Waals surface area contributed by atoms with Gasteiger partial charge < -0.3 is 9.84 Å². The van der Waals surface area contributed by atoms with Crippen LogP contribution in [0.5, 0.6) is 0 Å². The first-order chi connectivity index (χ1) is 9.88. The molecule has 1 aromatic heterocycles. The maximum atomic E-state index is 12.0. The molecule has 0 aliphatic rings. The molecule has 0 atom stereocenters. The number of nitrogens with one attached hydrogen (secondary N) is 1. The molecule has 0 radical (unpaired) electrons. The Kier molecular flexibility index (Phi) is 3.61. The molecule has 108 valence electrons. The van der Waals surface area contributed by atoms with Crippen molar-refractivity contribution in [3.05, 3.63) is 55.8 Å². The highest BCUT2D eigenvalue weighted by Crippen LogP contribution is 2.25. The summed E-state index contributed by atoms with van der Waals surface area (Å²) in [5, 5.41) is 27.4. The van der Waals surface area contributed by atoms with Crippen molar-refractivity contribution in [1.82, 2.24) is 5.16 Å². The zero-order chi connectivity index (χ0) is 15.6. The van der Waals surface area contributed by atoms with Crippen molar-refractivity contribution in [2.45, 2.75) is 6.92 Å². The van der Waals surface area contributed by atoms with Crippen LogP contribution in [0.2, 0.25) is 0 Å². The molecule has 0 unspecified atom stereocenters. The Morgan fingerprint density at radius 2 is 1.95 bits per heavy atom. The molecule has 0 saturated carbocycles. The summed E-state index contributed by atoms with van der Waals surface area (Å²) in [5.74, 6) is -0.279. The van der Waals surface area contributed by atoms with E-state index in [0.717, 1.165) is 18.2 Å². The molecule has 0 saturated heterocycles. The Labute approximate surface area is 116 Å². The van der Waals surface area contributed by atoms with Crippen molar-refractivity contribution >= 4 is 23.1 Å². The summed E-state index contributed by atoms with van der Waals surface area (Å²) in [6.45, 7) is 1.61. The number of aromatic nitrogens is 1. The predicted octanol–water partition coefficient (Wildman–Crippen LogP) is 2.05. The smallest absolute Gasteiger partial charge is 0.289 e. The topological polar surface area (TPSA) is 141 Å². The van der Waals surface area contributed by atoms with Gasteiger partial charge in [-0.3, -0.25) is 25.0 Å². The molecular weight excluding hydrogens is 284 g/mol. The molecule has 0 fully saturated rings. The Morgan fingerprint density at radius 3 is 2.48 bits per heavy atom. The molecule has 0 spiro atoms. The number of carbonyl (C=O) groups is 1. The number of nitrogens with zero attached hydrogens (tertiary/aromatic N) is 3. The third-order valence-corrected chi connectivity index (χ3v) is 2.50. The van der Waals surface area contributed by atoms with Gasteiger partial charge in [0.25, 0.3) is 17.3 Å². The molecular formula is C11H8N4O6. The van der Waals surface area contributed by atoms with Crippen LogP contribution in [0.3, 0.4) is 0 Å².